The molecule has 7 nitrogen and oxygen atoms in total. The van der Waals surface area contributed by atoms with Crippen molar-refractivity contribution in [2.75, 3.05) is 25.1 Å². The maximum atomic E-state index is 12.7. The molecule has 0 bridgehead atoms. The highest BCUT2D eigenvalue weighted by Gasteiger charge is 2.30. The Hall–Kier alpha value is -2.57. The molecule has 1 N–H and O–H groups in total. The third kappa shape index (κ3) is 4.29. The molecule has 1 aliphatic heterocycles. The van der Waals surface area contributed by atoms with Crippen LogP contribution in [0.1, 0.15) is 44.9 Å². The third-order valence-electron chi connectivity index (χ3n) is 5.78. The van der Waals surface area contributed by atoms with Crippen molar-refractivity contribution in [2.24, 2.45) is 5.92 Å². The normalized spacial score (nSPS) is 20.8. The second kappa shape index (κ2) is 8.63. The summed E-state index contributed by atoms with van der Waals surface area (Å²) in [7, 11) is 1.64. The van der Waals surface area contributed by atoms with Crippen LogP contribution < -0.4 is 15.0 Å². The van der Waals surface area contributed by atoms with Crippen LogP contribution in [0.3, 0.4) is 0 Å². The van der Waals surface area contributed by atoms with Gasteiger partial charge in [-0.15, -0.1) is 0 Å². The van der Waals surface area contributed by atoms with Crippen LogP contribution in [0, 0.1) is 5.92 Å². The molecule has 1 aromatic carbocycles. The molecule has 4 rings (SSSR count). The minimum atomic E-state index is -0.0213. The second-order valence-electron chi connectivity index (χ2n) is 7.76. The summed E-state index contributed by atoms with van der Waals surface area (Å²) in [6.45, 7) is 1.46. The highest BCUT2D eigenvalue weighted by Crippen LogP contribution is 2.26. The van der Waals surface area contributed by atoms with Crippen LogP contribution in [0.4, 0.5) is 6.01 Å². The van der Waals surface area contributed by atoms with Crippen molar-refractivity contribution in [3.05, 3.63) is 24.3 Å². The van der Waals surface area contributed by atoms with Crippen LogP contribution >= 0.6 is 0 Å². The molecule has 2 aliphatic rings. The fraction of sp³-hybridized carbons (Fsp3) is 0.571. The van der Waals surface area contributed by atoms with Crippen LogP contribution in [-0.2, 0) is 4.79 Å². The van der Waals surface area contributed by atoms with Crippen molar-refractivity contribution in [3.63, 3.8) is 0 Å². The molecule has 0 radical (unpaired) electrons. The monoisotopic (exact) mass is 384 g/mol. The summed E-state index contributed by atoms with van der Waals surface area (Å²) in [6.07, 6.45) is 7.80. The van der Waals surface area contributed by atoms with Gasteiger partial charge in [0.25, 0.3) is 0 Å². The molecule has 2 aromatic rings. The van der Waals surface area contributed by atoms with E-state index in [1.807, 2.05) is 29.2 Å². The molecule has 1 aromatic heterocycles. The Balaban J connectivity index is 1.38. The standard InChI is InChI=1S/C21H28N4O3/c1-27-18-11-9-15(10-12-18)19-23-21(28-24-19)25-13-5-6-16(14-25)20(26)22-17-7-3-2-4-8-17/h9-12,16-17H,2-8,13-14H2,1H3,(H,22,26)/t16-/m0/s1. The van der Waals surface area contributed by atoms with Gasteiger partial charge in [-0.05, 0) is 49.9 Å². The maximum Gasteiger partial charge on any atom is 0.324 e. The Morgan fingerprint density at radius 2 is 1.93 bits per heavy atom. The molecular formula is C21H28N4O3. The minimum Gasteiger partial charge on any atom is -0.497 e. The number of anilines is 1. The third-order valence-corrected chi connectivity index (χ3v) is 5.78. The number of rotatable bonds is 5. The molecular weight excluding hydrogens is 356 g/mol. The number of carbonyl (C=O) groups is 1. The highest BCUT2D eigenvalue weighted by atomic mass is 16.5. The predicted molar refractivity (Wildman–Crippen MR) is 106 cm³/mol. The Kier molecular flexibility index (Phi) is 5.78. The van der Waals surface area contributed by atoms with Crippen molar-refractivity contribution in [3.8, 4) is 17.1 Å². The molecule has 1 saturated heterocycles. The molecule has 0 spiro atoms. The molecule has 1 amide bonds. The van der Waals surface area contributed by atoms with E-state index >= 15 is 0 Å². The van der Waals surface area contributed by atoms with Gasteiger partial charge < -0.3 is 19.5 Å². The zero-order valence-electron chi connectivity index (χ0n) is 16.4. The Morgan fingerprint density at radius 3 is 2.68 bits per heavy atom. The van der Waals surface area contributed by atoms with Gasteiger partial charge in [0, 0.05) is 24.7 Å². The first-order valence-corrected chi connectivity index (χ1v) is 10.3. The van der Waals surface area contributed by atoms with Gasteiger partial charge in [-0.3, -0.25) is 4.79 Å². The Bertz CT molecular complexity index is 783. The van der Waals surface area contributed by atoms with E-state index in [2.05, 4.69) is 15.5 Å². The van der Waals surface area contributed by atoms with E-state index in [-0.39, 0.29) is 11.8 Å². The summed E-state index contributed by atoms with van der Waals surface area (Å²) in [5.41, 5.74) is 0.874. The van der Waals surface area contributed by atoms with Gasteiger partial charge in [-0.2, -0.15) is 4.98 Å². The fourth-order valence-electron chi connectivity index (χ4n) is 4.13. The molecule has 1 atom stereocenters. The number of hydrogen-bond donors (Lipinski definition) is 1. The lowest BCUT2D eigenvalue weighted by molar-refractivity contribution is -0.126. The summed E-state index contributed by atoms with van der Waals surface area (Å²) < 4.78 is 10.7. The lowest BCUT2D eigenvalue weighted by Crippen LogP contribution is -2.46. The van der Waals surface area contributed by atoms with Gasteiger partial charge in [0.1, 0.15) is 5.75 Å². The molecule has 0 unspecified atom stereocenters. The lowest BCUT2D eigenvalue weighted by atomic mass is 9.93. The number of amides is 1. The van der Waals surface area contributed by atoms with E-state index in [1.165, 1.54) is 19.3 Å². The van der Waals surface area contributed by atoms with Crippen LogP contribution in [0.15, 0.2) is 28.8 Å². The van der Waals surface area contributed by atoms with Gasteiger partial charge in [-0.1, -0.05) is 24.4 Å². The Morgan fingerprint density at radius 1 is 1.14 bits per heavy atom. The molecule has 150 valence electrons. The summed E-state index contributed by atoms with van der Waals surface area (Å²) in [6, 6.07) is 8.40. The van der Waals surface area contributed by atoms with E-state index < -0.39 is 0 Å². The smallest absolute Gasteiger partial charge is 0.324 e. The average Bonchev–Trinajstić information content (AvgIpc) is 3.25. The van der Waals surface area contributed by atoms with Crippen LogP contribution in [0.5, 0.6) is 5.75 Å². The van der Waals surface area contributed by atoms with Gasteiger partial charge in [0.05, 0.1) is 13.0 Å². The van der Waals surface area contributed by atoms with Gasteiger partial charge in [0.2, 0.25) is 11.7 Å². The number of carbonyl (C=O) groups excluding carboxylic acids is 1. The summed E-state index contributed by atoms with van der Waals surface area (Å²) in [5, 5.41) is 7.37. The Labute approximate surface area is 165 Å². The van der Waals surface area contributed by atoms with Crippen molar-refractivity contribution in [1.29, 1.82) is 0 Å². The zero-order valence-corrected chi connectivity index (χ0v) is 16.4. The van der Waals surface area contributed by atoms with Crippen LogP contribution in [0.25, 0.3) is 11.4 Å². The van der Waals surface area contributed by atoms with E-state index in [1.54, 1.807) is 7.11 Å². The summed E-state index contributed by atoms with van der Waals surface area (Å²) in [4.78, 5) is 19.3. The first-order chi connectivity index (χ1) is 13.7. The minimum absolute atomic E-state index is 0.0213. The van der Waals surface area contributed by atoms with Crippen molar-refractivity contribution >= 4 is 11.9 Å². The second-order valence-corrected chi connectivity index (χ2v) is 7.76. The largest absolute Gasteiger partial charge is 0.497 e. The zero-order chi connectivity index (χ0) is 19.3. The SMILES string of the molecule is COc1ccc(-c2noc(N3CCC[C@H](C(=O)NC4CCCCC4)C3)n2)cc1. The molecule has 28 heavy (non-hydrogen) atoms. The number of benzene rings is 1. The number of ether oxygens (including phenoxy) is 1. The van der Waals surface area contributed by atoms with Crippen LogP contribution in [-0.4, -0.2) is 42.3 Å². The topological polar surface area (TPSA) is 80.5 Å². The van der Waals surface area contributed by atoms with Gasteiger partial charge >= 0.3 is 6.01 Å². The van der Waals surface area contributed by atoms with Crippen LogP contribution in [0.2, 0.25) is 0 Å². The first-order valence-electron chi connectivity index (χ1n) is 10.3. The fourth-order valence-corrected chi connectivity index (χ4v) is 4.13. The van der Waals surface area contributed by atoms with E-state index in [0.717, 1.165) is 43.5 Å². The number of hydrogen-bond acceptors (Lipinski definition) is 6. The molecule has 1 saturated carbocycles. The number of aromatic nitrogens is 2. The first kappa shape index (κ1) is 18.8. The molecule has 2 fully saturated rings. The van der Waals surface area contributed by atoms with Gasteiger partial charge in [-0.25, -0.2) is 0 Å². The van der Waals surface area contributed by atoms with E-state index in [4.69, 9.17) is 9.26 Å². The number of nitrogens with zero attached hydrogens (tertiary/aromatic N) is 3. The maximum absolute atomic E-state index is 12.7. The molecule has 7 heteroatoms. The van der Waals surface area contributed by atoms with Crippen molar-refractivity contribution in [2.45, 2.75) is 51.0 Å². The molecule has 1 aliphatic carbocycles. The van der Waals surface area contributed by atoms with E-state index in [9.17, 15) is 4.79 Å². The van der Waals surface area contributed by atoms with Gasteiger partial charge in [0.15, 0.2) is 0 Å². The summed E-state index contributed by atoms with van der Waals surface area (Å²) >= 11 is 0. The number of nitrogens with one attached hydrogen (secondary N) is 1. The van der Waals surface area contributed by atoms with Crippen molar-refractivity contribution < 1.29 is 14.1 Å². The quantitative estimate of drug-likeness (QED) is 0.851. The lowest BCUT2D eigenvalue weighted by Gasteiger charge is -2.32. The molecule has 2 heterocycles. The number of methoxy groups -OCH3 is 1. The predicted octanol–water partition coefficient (Wildman–Crippen LogP) is 3.41. The number of piperidine rings is 1. The average molecular weight is 384 g/mol. The highest BCUT2D eigenvalue weighted by molar-refractivity contribution is 5.79. The van der Waals surface area contributed by atoms with E-state index in [0.29, 0.717) is 24.4 Å². The van der Waals surface area contributed by atoms with Crippen molar-refractivity contribution in [1.82, 2.24) is 15.5 Å². The summed E-state index contributed by atoms with van der Waals surface area (Å²) in [5.74, 6) is 1.49.